The third-order valence-electron chi connectivity index (χ3n) is 4.41. The summed E-state index contributed by atoms with van der Waals surface area (Å²) in [6, 6.07) is 12.3. The molecule has 5 nitrogen and oxygen atoms in total. The van der Waals surface area contributed by atoms with E-state index in [9.17, 15) is 14.0 Å². The summed E-state index contributed by atoms with van der Waals surface area (Å²) in [6.45, 7) is 5.60. The van der Waals surface area contributed by atoms with Gasteiger partial charge in [-0.3, -0.25) is 9.59 Å². The number of nitrogens with two attached hydrogens (primary N) is 1. The average molecular weight is 408 g/mol. The molecule has 0 aliphatic rings. The summed E-state index contributed by atoms with van der Waals surface area (Å²) < 4.78 is 12.9. The first-order valence-electron chi connectivity index (χ1n) is 8.99. The van der Waals surface area contributed by atoms with E-state index >= 15 is 0 Å². The second-order valence-electron chi connectivity index (χ2n) is 6.95. The fourth-order valence-electron chi connectivity index (χ4n) is 2.74. The Labute approximate surface area is 171 Å². The van der Waals surface area contributed by atoms with Crippen molar-refractivity contribution < 1.29 is 14.0 Å². The van der Waals surface area contributed by atoms with E-state index in [0.717, 1.165) is 12.0 Å². The van der Waals surface area contributed by atoms with Crippen LogP contribution in [0.5, 0.6) is 0 Å². The summed E-state index contributed by atoms with van der Waals surface area (Å²) >= 11 is 0. The molecule has 0 saturated carbocycles. The van der Waals surface area contributed by atoms with E-state index in [2.05, 4.69) is 10.6 Å². The van der Waals surface area contributed by atoms with E-state index < -0.39 is 5.54 Å². The predicted molar refractivity (Wildman–Crippen MR) is 112 cm³/mol. The van der Waals surface area contributed by atoms with Crippen LogP contribution in [0.4, 0.5) is 10.1 Å². The van der Waals surface area contributed by atoms with Crippen LogP contribution < -0.4 is 16.4 Å². The zero-order valence-corrected chi connectivity index (χ0v) is 17.1. The molecule has 152 valence electrons. The second-order valence-corrected chi connectivity index (χ2v) is 6.95. The summed E-state index contributed by atoms with van der Waals surface area (Å²) in [7, 11) is 0. The van der Waals surface area contributed by atoms with Crippen molar-refractivity contribution in [3.8, 4) is 0 Å². The number of benzene rings is 2. The number of anilines is 1. The number of hydrogen-bond acceptors (Lipinski definition) is 3. The van der Waals surface area contributed by atoms with Crippen molar-refractivity contribution in [3.05, 3.63) is 65.5 Å². The van der Waals surface area contributed by atoms with E-state index in [4.69, 9.17) is 5.73 Å². The smallest absolute Gasteiger partial charge is 0.255 e. The summed E-state index contributed by atoms with van der Waals surface area (Å²) in [5.74, 6) is -0.896. The standard InChI is InChI=1S/C21H26FN3O2.ClH/c1-4-13-21(3,23)20(27)24-14(2)15-7-11-18(12-8-15)25-19(26)16-5-9-17(22)10-6-16;/h5-12,14H,4,13,23H2,1-3H3,(H,24,27)(H,25,26);1H. The highest BCUT2D eigenvalue weighted by atomic mass is 35.5. The molecule has 0 fully saturated rings. The average Bonchev–Trinajstić information content (AvgIpc) is 2.62. The molecule has 28 heavy (non-hydrogen) atoms. The van der Waals surface area contributed by atoms with Crippen LogP contribution in [0, 0.1) is 5.82 Å². The van der Waals surface area contributed by atoms with Gasteiger partial charge in [0.25, 0.3) is 5.91 Å². The Kier molecular flexibility index (Phi) is 8.60. The van der Waals surface area contributed by atoms with Gasteiger partial charge in [0, 0.05) is 11.3 Å². The lowest BCUT2D eigenvalue weighted by Crippen LogP contribution is -2.52. The quantitative estimate of drug-likeness (QED) is 0.643. The number of nitrogens with one attached hydrogen (secondary N) is 2. The van der Waals surface area contributed by atoms with E-state index in [0.29, 0.717) is 17.7 Å². The molecule has 0 aliphatic heterocycles. The third-order valence-corrected chi connectivity index (χ3v) is 4.41. The van der Waals surface area contributed by atoms with Crippen LogP contribution >= 0.6 is 12.4 Å². The first-order chi connectivity index (χ1) is 12.7. The SMILES string of the molecule is CCCC(C)(N)C(=O)NC(C)c1ccc(NC(=O)c2ccc(F)cc2)cc1.Cl. The molecule has 0 aromatic heterocycles. The van der Waals surface area contributed by atoms with Crippen molar-refractivity contribution in [1.82, 2.24) is 5.32 Å². The van der Waals surface area contributed by atoms with Crippen molar-refractivity contribution in [2.24, 2.45) is 5.73 Å². The topological polar surface area (TPSA) is 84.2 Å². The van der Waals surface area contributed by atoms with Crippen molar-refractivity contribution in [1.29, 1.82) is 0 Å². The van der Waals surface area contributed by atoms with E-state index in [1.54, 1.807) is 19.1 Å². The predicted octanol–water partition coefficient (Wildman–Crippen LogP) is 4.19. The van der Waals surface area contributed by atoms with Crippen LogP contribution in [0.3, 0.4) is 0 Å². The lowest BCUT2D eigenvalue weighted by Gasteiger charge is -2.25. The van der Waals surface area contributed by atoms with Crippen LogP contribution in [0.2, 0.25) is 0 Å². The van der Waals surface area contributed by atoms with Crippen LogP contribution in [0.25, 0.3) is 0 Å². The molecule has 4 N–H and O–H groups in total. The van der Waals surface area contributed by atoms with Gasteiger partial charge in [-0.1, -0.05) is 25.5 Å². The Balaban J connectivity index is 0.00000392. The number of rotatable bonds is 7. The molecule has 2 unspecified atom stereocenters. The van der Waals surface area contributed by atoms with Gasteiger partial charge in [0.15, 0.2) is 0 Å². The largest absolute Gasteiger partial charge is 0.348 e. The zero-order chi connectivity index (χ0) is 20.0. The Morgan fingerprint density at radius 1 is 1.11 bits per heavy atom. The molecule has 2 atom stereocenters. The minimum absolute atomic E-state index is 0. The second kappa shape index (κ2) is 10.2. The summed E-state index contributed by atoms with van der Waals surface area (Å²) in [6.07, 6.45) is 1.44. The van der Waals surface area contributed by atoms with Gasteiger partial charge < -0.3 is 16.4 Å². The third kappa shape index (κ3) is 6.32. The molecule has 2 amide bonds. The zero-order valence-electron chi connectivity index (χ0n) is 16.3. The molecule has 0 bridgehead atoms. The molecular formula is C21H27ClFN3O2. The maximum Gasteiger partial charge on any atom is 0.255 e. The van der Waals surface area contributed by atoms with Gasteiger partial charge in [-0.25, -0.2) is 4.39 Å². The van der Waals surface area contributed by atoms with Crippen molar-refractivity contribution in [3.63, 3.8) is 0 Å². The highest BCUT2D eigenvalue weighted by molar-refractivity contribution is 6.04. The minimum Gasteiger partial charge on any atom is -0.348 e. The summed E-state index contributed by atoms with van der Waals surface area (Å²) in [4.78, 5) is 24.5. The molecule has 7 heteroatoms. The molecule has 2 aromatic rings. The number of carbonyl (C=O) groups excluding carboxylic acids is 2. The van der Waals surface area contributed by atoms with Gasteiger partial charge in [0.1, 0.15) is 5.82 Å². The molecule has 2 aromatic carbocycles. The maximum absolute atomic E-state index is 12.9. The number of halogens is 2. The normalized spacial score (nSPS) is 13.6. The van der Waals surface area contributed by atoms with E-state index in [1.165, 1.54) is 24.3 Å². The molecule has 0 aliphatic carbocycles. The first-order valence-corrected chi connectivity index (χ1v) is 8.99. The van der Waals surface area contributed by atoms with E-state index in [1.807, 2.05) is 26.0 Å². The number of carbonyl (C=O) groups is 2. The molecular weight excluding hydrogens is 381 g/mol. The van der Waals surface area contributed by atoms with Gasteiger partial charge in [-0.2, -0.15) is 0 Å². The lowest BCUT2D eigenvalue weighted by molar-refractivity contribution is -0.126. The molecule has 2 rings (SSSR count). The fourth-order valence-corrected chi connectivity index (χ4v) is 2.74. The molecule has 0 spiro atoms. The Bertz CT molecular complexity index is 792. The van der Waals surface area contributed by atoms with Crippen molar-refractivity contribution >= 4 is 29.9 Å². The molecule has 0 saturated heterocycles. The molecule has 0 heterocycles. The maximum atomic E-state index is 12.9. The monoisotopic (exact) mass is 407 g/mol. The van der Waals surface area contributed by atoms with Gasteiger partial charge in [0.05, 0.1) is 11.6 Å². The highest BCUT2D eigenvalue weighted by Gasteiger charge is 2.28. The fraction of sp³-hybridized carbons (Fsp3) is 0.333. The first kappa shape index (κ1) is 23.6. The van der Waals surface area contributed by atoms with Crippen LogP contribution in [-0.4, -0.2) is 17.4 Å². The number of hydrogen-bond donors (Lipinski definition) is 3. The van der Waals surface area contributed by atoms with Gasteiger partial charge in [-0.05, 0) is 62.2 Å². The van der Waals surface area contributed by atoms with Crippen LogP contribution in [0.15, 0.2) is 48.5 Å². The van der Waals surface area contributed by atoms with Crippen molar-refractivity contribution in [2.75, 3.05) is 5.32 Å². The summed E-state index contributed by atoms with van der Waals surface area (Å²) in [5.41, 5.74) is 7.05. The minimum atomic E-state index is -0.897. The van der Waals surface area contributed by atoms with Gasteiger partial charge >= 0.3 is 0 Å². The van der Waals surface area contributed by atoms with Crippen LogP contribution in [0.1, 0.15) is 55.6 Å². The number of amides is 2. The Morgan fingerprint density at radius 2 is 1.68 bits per heavy atom. The van der Waals surface area contributed by atoms with Crippen molar-refractivity contribution in [2.45, 2.75) is 45.2 Å². The Morgan fingerprint density at radius 3 is 2.21 bits per heavy atom. The van der Waals surface area contributed by atoms with Gasteiger partial charge in [0.2, 0.25) is 5.91 Å². The Hall–Kier alpha value is -2.44. The molecule has 0 radical (unpaired) electrons. The van der Waals surface area contributed by atoms with Crippen LogP contribution in [-0.2, 0) is 4.79 Å². The highest BCUT2D eigenvalue weighted by Crippen LogP contribution is 2.18. The van der Waals surface area contributed by atoms with Gasteiger partial charge in [-0.15, -0.1) is 12.4 Å². The van der Waals surface area contributed by atoms with E-state index in [-0.39, 0.29) is 36.1 Å². The summed E-state index contributed by atoms with van der Waals surface area (Å²) in [5, 5.41) is 5.68. The lowest BCUT2D eigenvalue weighted by atomic mass is 9.95.